The lowest BCUT2D eigenvalue weighted by atomic mass is 9.88. The summed E-state index contributed by atoms with van der Waals surface area (Å²) in [6, 6.07) is 13.9. The second-order valence-corrected chi connectivity index (χ2v) is 10.6. The first-order valence-corrected chi connectivity index (χ1v) is 12.5. The first-order chi connectivity index (χ1) is 14.8. The topological polar surface area (TPSA) is 69.7 Å². The number of carbonyl (C=O) groups is 1. The van der Waals surface area contributed by atoms with Gasteiger partial charge in [0.2, 0.25) is 15.9 Å². The quantitative estimate of drug-likeness (QED) is 0.775. The number of benzene rings is 2. The van der Waals surface area contributed by atoms with Crippen molar-refractivity contribution >= 4 is 15.9 Å². The van der Waals surface area contributed by atoms with Crippen LogP contribution >= 0.6 is 0 Å². The molecule has 166 valence electrons. The van der Waals surface area contributed by atoms with Crippen molar-refractivity contribution in [1.29, 1.82) is 0 Å². The van der Waals surface area contributed by atoms with Crippen LogP contribution in [0, 0.1) is 13.8 Å². The van der Waals surface area contributed by atoms with E-state index in [0.717, 1.165) is 30.4 Å². The second kappa shape index (κ2) is 9.10. The van der Waals surface area contributed by atoms with Crippen molar-refractivity contribution in [2.75, 3.05) is 32.7 Å². The third-order valence-electron chi connectivity index (χ3n) is 6.36. The fourth-order valence-corrected chi connectivity index (χ4v) is 6.33. The van der Waals surface area contributed by atoms with Crippen molar-refractivity contribution in [3.05, 3.63) is 64.7 Å². The van der Waals surface area contributed by atoms with Gasteiger partial charge in [-0.3, -0.25) is 9.69 Å². The van der Waals surface area contributed by atoms with E-state index in [2.05, 4.69) is 23.5 Å². The van der Waals surface area contributed by atoms with Crippen molar-refractivity contribution in [3.8, 4) is 0 Å². The summed E-state index contributed by atoms with van der Waals surface area (Å²) < 4.78 is 27.7. The highest BCUT2D eigenvalue weighted by Crippen LogP contribution is 2.29. The molecular weight excluding hydrogens is 410 g/mol. The fourth-order valence-electron chi connectivity index (χ4n) is 4.60. The van der Waals surface area contributed by atoms with E-state index in [-0.39, 0.29) is 11.9 Å². The largest absolute Gasteiger partial charge is 0.348 e. The summed E-state index contributed by atoms with van der Waals surface area (Å²) in [6.45, 7) is 5.94. The van der Waals surface area contributed by atoms with Gasteiger partial charge in [0.25, 0.3) is 0 Å². The van der Waals surface area contributed by atoms with Crippen molar-refractivity contribution in [2.24, 2.45) is 0 Å². The zero-order valence-corrected chi connectivity index (χ0v) is 19.1. The van der Waals surface area contributed by atoms with E-state index < -0.39 is 10.0 Å². The molecule has 1 fully saturated rings. The number of aryl methyl sites for hydroxylation is 3. The van der Waals surface area contributed by atoms with Gasteiger partial charge in [0, 0.05) is 26.2 Å². The molecule has 1 heterocycles. The third kappa shape index (κ3) is 4.84. The summed E-state index contributed by atoms with van der Waals surface area (Å²) in [4.78, 5) is 15.1. The molecule has 2 aliphatic rings. The van der Waals surface area contributed by atoms with E-state index in [1.165, 1.54) is 11.1 Å². The Hall–Kier alpha value is -2.22. The summed E-state index contributed by atoms with van der Waals surface area (Å²) in [7, 11) is -3.52. The van der Waals surface area contributed by atoms with Crippen LogP contribution in [-0.4, -0.2) is 56.3 Å². The minimum absolute atomic E-state index is 0.00698. The van der Waals surface area contributed by atoms with Gasteiger partial charge in [-0.2, -0.15) is 4.31 Å². The van der Waals surface area contributed by atoms with Crippen molar-refractivity contribution in [2.45, 2.75) is 44.0 Å². The van der Waals surface area contributed by atoms with Gasteiger partial charge in [0.15, 0.2) is 0 Å². The average Bonchev–Trinajstić information content (AvgIpc) is 2.76. The van der Waals surface area contributed by atoms with Crippen molar-refractivity contribution in [1.82, 2.24) is 14.5 Å². The number of piperazine rings is 1. The molecule has 0 spiro atoms. The molecule has 1 aliphatic carbocycles. The van der Waals surface area contributed by atoms with Crippen LogP contribution in [0.15, 0.2) is 47.4 Å². The molecule has 0 aromatic heterocycles. The fraction of sp³-hybridized carbons (Fsp3) is 0.458. The van der Waals surface area contributed by atoms with Crippen molar-refractivity contribution in [3.63, 3.8) is 0 Å². The number of hydrogen-bond acceptors (Lipinski definition) is 4. The Morgan fingerprint density at radius 2 is 1.81 bits per heavy atom. The highest BCUT2D eigenvalue weighted by molar-refractivity contribution is 7.89. The summed E-state index contributed by atoms with van der Waals surface area (Å²) in [5.41, 5.74) is 4.25. The molecule has 0 saturated carbocycles. The molecular formula is C24H31N3O3S. The van der Waals surface area contributed by atoms with E-state index in [9.17, 15) is 13.2 Å². The molecule has 2 aromatic carbocycles. The maximum Gasteiger partial charge on any atom is 0.243 e. The van der Waals surface area contributed by atoms with E-state index in [4.69, 9.17) is 0 Å². The van der Waals surface area contributed by atoms with Gasteiger partial charge in [-0.1, -0.05) is 36.4 Å². The molecule has 0 radical (unpaired) electrons. The van der Waals surface area contributed by atoms with Gasteiger partial charge in [0.05, 0.1) is 17.5 Å². The molecule has 1 atom stereocenters. The average molecular weight is 442 g/mol. The Morgan fingerprint density at radius 1 is 1.06 bits per heavy atom. The van der Waals surface area contributed by atoms with E-state index in [1.54, 1.807) is 10.4 Å². The number of rotatable bonds is 5. The minimum Gasteiger partial charge on any atom is -0.348 e. The first-order valence-electron chi connectivity index (χ1n) is 11.0. The molecule has 0 bridgehead atoms. The van der Waals surface area contributed by atoms with E-state index >= 15 is 0 Å². The van der Waals surface area contributed by atoms with Crippen LogP contribution < -0.4 is 5.32 Å². The molecule has 31 heavy (non-hydrogen) atoms. The Balaban J connectivity index is 1.33. The Labute approximate surface area is 185 Å². The first kappa shape index (κ1) is 22.0. The Bertz CT molecular complexity index is 1060. The number of amides is 1. The van der Waals surface area contributed by atoms with Gasteiger partial charge in [-0.05, 0) is 61.4 Å². The predicted octanol–water partition coefficient (Wildman–Crippen LogP) is 2.80. The number of nitrogens with zero attached hydrogens (tertiary/aromatic N) is 2. The van der Waals surface area contributed by atoms with Crippen LogP contribution in [0.5, 0.6) is 0 Å². The van der Waals surface area contributed by atoms with Crippen LogP contribution in [0.25, 0.3) is 0 Å². The van der Waals surface area contributed by atoms with Gasteiger partial charge < -0.3 is 5.32 Å². The second-order valence-electron chi connectivity index (χ2n) is 8.66. The molecule has 7 heteroatoms. The third-order valence-corrected chi connectivity index (χ3v) is 8.41. The molecule has 1 aliphatic heterocycles. The van der Waals surface area contributed by atoms with Gasteiger partial charge in [-0.15, -0.1) is 0 Å². The van der Waals surface area contributed by atoms with Crippen LogP contribution in [0.2, 0.25) is 0 Å². The molecule has 4 rings (SSSR count). The highest BCUT2D eigenvalue weighted by Gasteiger charge is 2.30. The Kier molecular flexibility index (Phi) is 6.46. The van der Waals surface area contributed by atoms with Crippen LogP contribution in [-0.2, 0) is 21.2 Å². The molecule has 1 amide bonds. The highest BCUT2D eigenvalue weighted by atomic mass is 32.2. The maximum atomic E-state index is 13.1. The zero-order chi connectivity index (χ0) is 22.0. The van der Waals surface area contributed by atoms with Crippen molar-refractivity contribution < 1.29 is 13.2 Å². The summed E-state index contributed by atoms with van der Waals surface area (Å²) >= 11 is 0. The normalized spacial score (nSPS) is 20.3. The monoisotopic (exact) mass is 441 g/mol. The van der Waals surface area contributed by atoms with Gasteiger partial charge >= 0.3 is 0 Å². The lowest BCUT2D eigenvalue weighted by Gasteiger charge is -2.34. The Morgan fingerprint density at radius 3 is 2.58 bits per heavy atom. The lowest BCUT2D eigenvalue weighted by molar-refractivity contribution is -0.123. The van der Waals surface area contributed by atoms with Crippen LogP contribution in [0.1, 0.15) is 41.1 Å². The summed E-state index contributed by atoms with van der Waals surface area (Å²) in [6.07, 6.45) is 3.11. The van der Waals surface area contributed by atoms with Gasteiger partial charge in [-0.25, -0.2) is 8.42 Å². The maximum absolute atomic E-state index is 13.1. The molecule has 1 saturated heterocycles. The van der Waals surface area contributed by atoms with E-state index in [0.29, 0.717) is 37.6 Å². The number of sulfonamides is 1. The standard InChI is InChI=1S/C24H31N3O3S/c1-18-10-11-19(2)23(16-18)31(29,30)27-14-12-26(13-15-27)17-24(28)25-22-9-5-7-20-6-3-4-8-21(20)22/h3-4,6,8,10-11,16,22H,5,7,9,12-15,17H2,1-2H3,(H,25,28). The van der Waals surface area contributed by atoms with Crippen LogP contribution in [0.3, 0.4) is 0 Å². The van der Waals surface area contributed by atoms with Gasteiger partial charge in [0.1, 0.15) is 0 Å². The lowest BCUT2D eigenvalue weighted by Crippen LogP contribution is -2.51. The molecule has 6 nitrogen and oxygen atoms in total. The summed E-state index contributed by atoms with van der Waals surface area (Å²) in [5, 5.41) is 3.19. The summed E-state index contributed by atoms with van der Waals surface area (Å²) in [5.74, 6) is 0.00698. The SMILES string of the molecule is Cc1ccc(C)c(S(=O)(=O)N2CCN(CC(=O)NC3CCCc4ccccc43)CC2)c1. The number of nitrogens with one attached hydrogen (secondary N) is 1. The van der Waals surface area contributed by atoms with E-state index in [1.807, 2.05) is 36.9 Å². The zero-order valence-electron chi connectivity index (χ0n) is 18.3. The molecule has 1 unspecified atom stereocenters. The molecule has 2 aromatic rings. The molecule has 1 N–H and O–H groups in total. The smallest absolute Gasteiger partial charge is 0.243 e. The number of hydrogen-bond donors (Lipinski definition) is 1. The minimum atomic E-state index is -3.52. The van der Waals surface area contributed by atoms with Crippen LogP contribution in [0.4, 0.5) is 0 Å². The number of fused-ring (bicyclic) bond motifs is 1. The number of carbonyl (C=O) groups excluding carboxylic acids is 1. The predicted molar refractivity (Wildman–Crippen MR) is 121 cm³/mol.